The summed E-state index contributed by atoms with van der Waals surface area (Å²) in [7, 11) is 0. The number of halogens is 3. The van der Waals surface area contributed by atoms with Crippen LogP contribution in [0.1, 0.15) is 24.1 Å². The highest BCUT2D eigenvalue weighted by atomic mass is 19.4. The van der Waals surface area contributed by atoms with Crippen molar-refractivity contribution in [3.05, 3.63) is 32.1 Å². The monoisotopic (exact) mass is 346 g/mol. The quantitative estimate of drug-likeness (QED) is 0.817. The molecular weight excluding hydrogens is 329 g/mol. The predicted molar refractivity (Wildman–Crippen MR) is 77.2 cm³/mol. The van der Waals surface area contributed by atoms with Gasteiger partial charge in [0, 0.05) is 18.7 Å². The lowest BCUT2D eigenvalue weighted by Gasteiger charge is -2.19. The van der Waals surface area contributed by atoms with Gasteiger partial charge in [0.15, 0.2) is 0 Å². The molecular formula is C14H17F3N4O3. The van der Waals surface area contributed by atoms with E-state index in [0.29, 0.717) is 24.2 Å². The number of alkyl halides is 3. The molecule has 2 aliphatic heterocycles. The van der Waals surface area contributed by atoms with Crippen molar-refractivity contribution in [3.63, 3.8) is 0 Å². The second-order valence-corrected chi connectivity index (χ2v) is 6.32. The lowest BCUT2D eigenvalue weighted by atomic mass is 10.0. The SMILES string of the molecule is O=C(CC1CCN(CC(F)(F)F)C1)N1Cc2[nH]c(=O)[nH]c(=O)c2C1. The van der Waals surface area contributed by atoms with E-state index in [0.717, 1.165) is 0 Å². The van der Waals surface area contributed by atoms with Crippen LogP contribution in [0.3, 0.4) is 0 Å². The van der Waals surface area contributed by atoms with Crippen molar-refractivity contribution in [3.8, 4) is 0 Å². The van der Waals surface area contributed by atoms with Crippen LogP contribution in [0, 0.1) is 5.92 Å². The Balaban J connectivity index is 1.57. The number of aromatic amines is 2. The van der Waals surface area contributed by atoms with Crippen LogP contribution in [-0.4, -0.2) is 51.5 Å². The lowest BCUT2D eigenvalue weighted by Crippen LogP contribution is -2.33. The van der Waals surface area contributed by atoms with Crippen molar-refractivity contribution in [1.82, 2.24) is 19.8 Å². The van der Waals surface area contributed by atoms with Crippen LogP contribution in [0.5, 0.6) is 0 Å². The molecule has 1 aromatic rings. The van der Waals surface area contributed by atoms with E-state index < -0.39 is 24.0 Å². The van der Waals surface area contributed by atoms with Gasteiger partial charge in [0.25, 0.3) is 5.56 Å². The zero-order valence-corrected chi connectivity index (χ0v) is 12.8. The lowest BCUT2D eigenvalue weighted by molar-refractivity contribution is -0.143. The molecule has 0 spiro atoms. The number of nitrogens with one attached hydrogen (secondary N) is 2. The van der Waals surface area contributed by atoms with Crippen LogP contribution >= 0.6 is 0 Å². The Labute approximate surface area is 134 Å². The first-order valence-corrected chi connectivity index (χ1v) is 7.62. The summed E-state index contributed by atoms with van der Waals surface area (Å²) in [5, 5.41) is 0. The smallest absolute Gasteiger partial charge is 0.332 e. The van der Waals surface area contributed by atoms with Gasteiger partial charge in [-0.25, -0.2) is 4.79 Å². The van der Waals surface area contributed by atoms with Crippen molar-refractivity contribution >= 4 is 5.91 Å². The van der Waals surface area contributed by atoms with Gasteiger partial charge in [0.05, 0.1) is 25.2 Å². The fourth-order valence-corrected chi connectivity index (χ4v) is 3.33. The van der Waals surface area contributed by atoms with E-state index in [1.165, 1.54) is 9.80 Å². The number of likely N-dealkylation sites (tertiary alicyclic amines) is 1. The topological polar surface area (TPSA) is 89.3 Å². The molecule has 1 fully saturated rings. The van der Waals surface area contributed by atoms with Crippen molar-refractivity contribution in [2.24, 2.45) is 5.92 Å². The van der Waals surface area contributed by atoms with E-state index in [-0.39, 0.29) is 37.9 Å². The number of carbonyl (C=O) groups excluding carboxylic acids is 1. The van der Waals surface area contributed by atoms with Crippen LogP contribution in [0.2, 0.25) is 0 Å². The van der Waals surface area contributed by atoms with Gasteiger partial charge in [0.2, 0.25) is 5.91 Å². The number of amides is 1. The predicted octanol–water partition coefficient (Wildman–Crippen LogP) is 0.180. The first-order valence-electron chi connectivity index (χ1n) is 7.62. The Morgan fingerprint density at radius 2 is 1.96 bits per heavy atom. The molecule has 3 heterocycles. The molecule has 1 saturated heterocycles. The molecule has 1 unspecified atom stereocenters. The first-order chi connectivity index (χ1) is 11.2. The maximum atomic E-state index is 12.4. The maximum absolute atomic E-state index is 12.4. The molecule has 0 saturated carbocycles. The average Bonchev–Trinajstić information content (AvgIpc) is 3.03. The van der Waals surface area contributed by atoms with E-state index in [4.69, 9.17) is 0 Å². The van der Waals surface area contributed by atoms with Crippen molar-refractivity contribution < 1.29 is 18.0 Å². The third kappa shape index (κ3) is 3.69. The minimum Gasteiger partial charge on any atom is -0.332 e. The van der Waals surface area contributed by atoms with Gasteiger partial charge < -0.3 is 9.88 Å². The molecule has 0 radical (unpaired) electrons. The Morgan fingerprint density at radius 1 is 1.21 bits per heavy atom. The minimum atomic E-state index is -4.23. The number of H-pyrrole nitrogens is 2. The average molecular weight is 346 g/mol. The van der Waals surface area contributed by atoms with Gasteiger partial charge in [-0.05, 0) is 18.9 Å². The van der Waals surface area contributed by atoms with Crippen LogP contribution < -0.4 is 11.2 Å². The zero-order chi connectivity index (χ0) is 17.5. The van der Waals surface area contributed by atoms with Gasteiger partial charge in [0.1, 0.15) is 0 Å². The van der Waals surface area contributed by atoms with Crippen molar-refractivity contribution in [1.29, 1.82) is 0 Å². The highest BCUT2D eigenvalue weighted by Gasteiger charge is 2.36. The molecule has 7 nitrogen and oxygen atoms in total. The third-order valence-electron chi connectivity index (χ3n) is 4.42. The number of hydrogen-bond donors (Lipinski definition) is 2. The summed E-state index contributed by atoms with van der Waals surface area (Å²) in [6, 6.07) is 0. The number of nitrogens with zero attached hydrogens (tertiary/aromatic N) is 2. The summed E-state index contributed by atoms with van der Waals surface area (Å²) in [4.78, 5) is 42.6. The van der Waals surface area contributed by atoms with Crippen LogP contribution in [0.15, 0.2) is 9.59 Å². The van der Waals surface area contributed by atoms with Gasteiger partial charge in [-0.2, -0.15) is 13.2 Å². The number of fused-ring (bicyclic) bond motifs is 1. The van der Waals surface area contributed by atoms with E-state index >= 15 is 0 Å². The second-order valence-electron chi connectivity index (χ2n) is 6.32. The zero-order valence-electron chi connectivity index (χ0n) is 12.8. The highest BCUT2D eigenvalue weighted by molar-refractivity contribution is 5.77. The fraction of sp³-hybridized carbons (Fsp3) is 0.643. The Bertz CT molecular complexity index is 755. The van der Waals surface area contributed by atoms with E-state index in [2.05, 4.69) is 9.97 Å². The van der Waals surface area contributed by atoms with Gasteiger partial charge in [-0.3, -0.25) is 19.5 Å². The fourth-order valence-electron chi connectivity index (χ4n) is 3.33. The van der Waals surface area contributed by atoms with Crippen molar-refractivity contribution in [2.45, 2.75) is 32.1 Å². The molecule has 1 atom stereocenters. The number of rotatable bonds is 3. The molecule has 24 heavy (non-hydrogen) atoms. The van der Waals surface area contributed by atoms with Gasteiger partial charge in [-0.15, -0.1) is 0 Å². The van der Waals surface area contributed by atoms with Crippen LogP contribution in [0.25, 0.3) is 0 Å². The Hall–Kier alpha value is -2.10. The molecule has 0 aromatic carbocycles. The number of aromatic nitrogens is 2. The summed E-state index contributed by atoms with van der Waals surface area (Å²) in [6.07, 6.45) is -3.55. The summed E-state index contributed by atoms with van der Waals surface area (Å²) in [5.41, 5.74) is -0.358. The van der Waals surface area contributed by atoms with Crippen LogP contribution in [0.4, 0.5) is 13.2 Å². The highest BCUT2D eigenvalue weighted by Crippen LogP contribution is 2.26. The van der Waals surface area contributed by atoms with Crippen LogP contribution in [-0.2, 0) is 17.9 Å². The summed E-state index contributed by atoms with van der Waals surface area (Å²) in [6.45, 7) is -0.136. The Kier molecular flexibility index (Phi) is 4.24. The Morgan fingerprint density at radius 3 is 2.67 bits per heavy atom. The normalized spacial score (nSPS) is 21.3. The third-order valence-corrected chi connectivity index (χ3v) is 4.42. The second kappa shape index (κ2) is 6.08. The maximum Gasteiger partial charge on any atom is 0.401 e. The molecule has 2 aliphatic rings. The molecule has 0 bridgehead atoms. The summed E-state index contributed by atoms with van der Waals surface area (Å²) < 4.78 is 37.2. The molecule has 132 valence electrons. The molecule has 1 aromatic heterocycles. The van der Waals surface area contributed by atoms with E-state index in [1.807, 2.05) is 0 Å². The standard InChI is InChI=1S/C14H17F3N4O3/c15-14(16,17)7-20-2-1-8(4-20)3-11(22)21-5-9-10(6-21)18-13(24)19-12(9)23/h8H,1-7H2,(H2,18,19,23,24). The molecule has 0 aliphatic carbocycles. The van der Waals surface area contributed by atoms with Gasteiger partial charge in [-0.1, -0.05) is 0 Å². The molecule has 3 rings (SSSR count). The number of hydrogen-bond acceptors (Lipinski definition) is 4. The molecule has 1 amide bonds. The number of carbonyl (C=O) groups is 1. The summed E-state index contributed by atoms with van der Waals surface area (Å²) >= 11 is 0. The van der Waals surface area contributed by atoms with E-state index in [1.54, 1.807) is 0 Å². The molecule has 2 N–H and O–H groups in total. The van der Waals surface area contributed by atoms with Crippen molar-refractivity contribution in [2.75, 3.05) is 19.6 Å². The van der Waals surface area contributed by atoms with E-state index in [9.17, 15) is 27.6 Å². The largest absolute Gasteiger partial charge is 0.401 e. The minimum absolute atomic E-state index is 0.110. The summed E-state index contributed by atoms with van der Waals surface area (Å²) in [5.74, 6) is -0.341. The molecule has 10 heteroatoms. The van der Waals surface area contributed by atoms with Gasteiger partial charge >= 0.3 is 11.9 Å². The first kappa shape index (κ1) is 16.7.